The predicted octanol–water partition coefficient (Wildman–Crippen LogP) is -4.08. The van der Waals surface area contributed by atoms with Gasteiger partial charge in [0.25, 0.3) is 0 Å². The smallest absolute Gasteiger partial charge is 0.325 e. The largest absolute Gasteiger partial charge is 0.462 e. The second-order valence-corrected chi connectivity index (χ2v) is 3.23. The second kappa shape index (κ2) is 7.49. The molecule has 0 rings (SSSR count). The van der Waals surface area contributed by atoms with Crippen LogP contribution in [0.2, 0.25) is 0 Å². The van der Waals surface area contributed by atoms with Gasteiger partial charge in [-0.25, -0.2) is 0 Å². The third-order valence-electron chi connectivity index (χ3n) is 1.87. The van der Waals surface area contributed by atoms with Gasteiger partial charge in [-0.3, -0.25) is 4.79 Å². The molecular weight excluding hydrogens is 222 g/mol. The fraction of sp³-hybridized carbons (Fsp3) is 0.875. The van der Waals surface area contributed by atoms with E-state index >= 15 is 0 Å². The number of aliphatic hydroxyl groups excluding tert-OH is 5. The molecule has 0 aromatic heterocycles. The van der Waals surface area contributed by atoms with Crippen molar-refractivity contribution in [3.63, 3.8) is 0 Å². The van der Waals surface area contributed by atoms with E-state index in [2.05, 4.69) is 4.74 Å². The Kier molecular flexibility index (Phi) is 7.13. The Labute approximate surface area is 91.9 Å². The number of carbonyl (C=O) groups excluding carboxylic acids is 1. The molecule has 16 heavy (non-hydrogen) atoms. The first kappa shape index (κ1) is 15.2. The molecule has 0 saturated heterocycles. The van der Waals surface area contributed by atoms with Crippen molar-refractivity contribution < 1.29 is 35.1 Å². The van der Waals surface area contributed by atoms with Crippen molar-refractivity contribution in [1.82, 2.24) is 0 Å². The number of nitrogens with two attached hydrogens (primary N) is 1. The van der Waals surface area contributed by atoms with Crippen LogP contribution in [0.3, 0.4) is 0 Å². The number of ether oxygens (including phenoxy) is 1. The van der Waals surface area contributed by atoms with Gasteiger partial charge in [0.05, 0.1) is 13.2 Å². The lowest BCUT2D eigenvalue weighted by molar-refractivity contribution is -0.154. The average molecular weight is 239 g/mol. The molecule has 7 N–H and O–H groups in total. The highest BCUT2D eigenvalue weighted by molar-refractivity contribution is 5.75. The SMILES string of the molecule is N[C@@H](CO)C(=O)OC[C@H](O)[C@@H](O)[C@H](O)CO. The summed E-state index contributed by atoms with van der Waals surface area (Å²) in [7, 11) is 0. The Hall–Kier alpha value is -0.770. The number of carbonyl (C=O) groups is 1. The second-order valence-electron chi connectivity index (χ2n) is 3.23. The van der Waals surface area contributed by atoms with E-state index in [1.165, 1.54) is 0 Å². The van der Waals surface area contributed by atoms with Crippen LogP contribution >= 0.6 is 0 Å². The highest BCUT2D eigenvalue weighted by Crippen LogP contribution is 2.01. The van der Waals surface area contributed by atoms with E-state index in [1.54, 1.807) is 0 Å². The Bertz CT molecular complexity index is 213. The first-order valence-corrected chi connectivity index (χ1v) is 4.62. The van der Waals surface area contributed by atoms with Crippen molar-refractivity contribution in [3.05, 3.63) is 0 Å². The summed E-state index contributed by atoms with van der Waals surface area (Å²) in [5.74, 6) is -0.938. The molecule has 8 heteroatoms. The molecule has 0 saturated carbocycles. The molecule has 0 aliphatic rings. The molecule has 8 nitrogen and oxygen atoms in total. The number of hydrogen-bond donors (Lipinski definition) is 6. The molecule has 0 bridgehead atoms. The van der Waals surface area contributed by atoms with Crippen molar-refractivity contribution in [2.75, 3.05) is 19.8 Å². The standard InChI is InChI=1S/C8H17NO7/c9-4(1-10)8(15)16-3-6(13)7(14)5(12)2-11/h4-7,10-14H,1-3,9H2/t4-,5+,6-,7-/m0/s1. The van der Waals surface area contributed by atoms with E-state index < -0.39 is 50.1 Å². The van der Waals surface area contributed by atoms with Crippen molar-refractivity contribution in [3.8, 4) is 0 Å². The maximum atomic E-state index is 10.9. The third-order valence-corrected chi connectivity index (χ3v) is 1.87. The molecule has 0 heterocycles. The van der Waals surface area contributed by atoms with E-state index in [-0.39, 0.29) is 0 Å². The number of hydrogen-bond acceptors (Lipinski definition) is 8. The molecule has 0 aromatic rings. The van der Waals surface area contributed by atoms with E-state index in [9.17, 15) is 9.90 Å². The minimum absolute atomic E-state index is 0.592. The molecule has 0 fully saturated rings. The highest BCUT2D eigenvalue weighted by Gasteiger charge is 2.26. The van der Waals surface area contributed by atoms with Crippen LogP contribution in [0.4, 0.5) is 0 Å². The predicted molar refractivity (Wildman–Crippen MR) is 51.1 cm³/mol. The molecule has 0 aliphatic carbocycles. The van der Waals surface area contributed by atoms with Crippen LogP contribution in [0.1, 0.15) is 0 Å². The summed E-state index contributed by atoms with van der Waals surface area (Å²) in [5.41, 5.74) is 5.11. The van der Waals surface area contributed by atoms with Crippen LogP contribution in [0, 0.1) is 0 Å². The maximum Gasteiger partial charge on any atom is 0.325 e. The minimum Gasteiger partial charge on any atom is -0.462 e. The van der Waals surface area contributed by atoms with Gasteiger partial charge in [0, 0.05) is 0 Å². The lowest BCUT2D eigenvalue weighted by Gasteiger charge is -2.21. The monoisotopic (exact) mass is 239 g/mol. The van der Waals surface area contributed by atoms with Crippen LogP contribution in [0.5, 0.6) is 0 Å². The molecule has 4 atom stereocenters. The summed E-state index contributed by atoms with van der Waals surface area (Å²) >= 11 is 0. The summed E-state index contributed by atoms with van der Waals surface area (Å²) in [6.07, 6.45) is -4.71. The van der Waals surface area contributed by atoms with Crippen molar-refractivity contribution in [2.24, 2.45) is 5.73 Å². The van der Waals surface area contributed by atoms with Crippen LogP contribution in [0.15, 0.2) is 0 Å². The Morgan fingerprint density at radius 2 is 1.69 bits per heavy atom. The summed E-state index contributed by atoms with van der Waals surface area (Å²) in [6.45, 7) is -1.93. The molecule has 0 amide bonds. The summed E-state index contributed by atoms with van der Waals surface area (Å²) in [5, 5.41) is 44.3. The van der Waals surface area contributed by atoms with Gasteiger partial charge in [-0.2, -0.15) is 0 Å². The average Bonchev–Trinajstić information content (AvgIpc) is 2.32. The van der Waals surface area contributed by atoms with Gasteiger partial charge in [-0.05, 0) is 0 Å². The van der Waals surface area contributed by atoms with E-state index in [0.717, 1.165) is 0 Å². The zero-order valence-electron chi connectivity index (χ0n) is 8.56. The van der Waals surface area contributed by atoms with Crippen LogP contribution < -0.4 is 5.73 Å². The Balaban J connectivity index is 3.97. The zero-order chi connectivity index (χ0) is 12.7. The molecule has 0 spiro atoms. The fourth-order valence-electron chi connectivity index (χ4n) is 0.812. The van der Waals surface area contributed by atoms with Gasteiger partial charge in [0.2, 0.25) is 0 Å². The molecule has 0 aromatic carbocycles. The van der Waals surface area contributed by atoms with Gasteiger partial charge < -0.3 is 36.0 Å². The fourth-order valence-corrected chi connectivity index (χ4v) is 0.812. The number of esters is 1. The molecular formula is C8H17NO7. The lowest BCUT2D eigenvalue weighted by Crippen LogP contribution is -2.44. The van der Waals surface area contributed by atoms with Crippen LogP contribution in [-0.2, 0) is 9.53 Å². The van der Waals surface area contributed by atoms with Crippen LogP contribution in [-0.4, -0.2) is 75.7 Å². The topological polar surface area (TPSA) is 153 Å². The Morgan fingerprint density at radius 1 is 1.12 bits per heavy atom. The zero-order valence-corrected chi connectivity index (χ0v) is 8.56. The van der Waals surface area contributed by atoms with Gasteiger partial charge >= 0.3 is 5.97 Å². The van der Waals surface area contributed by atoms with E-state index in [0.29, 0.717) is 0 Å². The summed E-state index contributed by atoms with van der Waals surface area (Å²) < 4.78 is 4.45. The molecule has 0 aliphatic heterocycles. The van der Waals surface area contributed by atoms with Gasteiger partial charge in [-0.1, -0.05) is 0 Å². The normalized spacial score (nSPS) is 18.6. The first-order valence-electron chi connectivity index (χ1n) is 4.62. The number of aliphatic hydroxyl groups is 5. The van der Waals surface area contributed by atoms with E-state index in [4.69, 9.17) is 26.2 Å². The molecule has 0 unspecified atom stereocenters. The van der Waals surface area contributed by atoms with Crippen LogP contribution in [0.25, 0.3) is 0 Å². The summed E-state index contributed by atoms with van der Waals surface area (Å²) in [4.78, 5) is 10.9. The van der Waals surface area contributed by atoms with Gasteiger partial charge in [-0.15, -0.1) is 0 Å². The summed E-state index contributed by atoms with van der Waals surface area (Å²) in [6, 6.07) is -1.22. The van der Waals surface area contributed by atoms with Crippen molar-refractivity contribution in [1.29, 1.82) is 0 Å². The Morgan fingerprint density at radius 3 is 2.12 bits per heavy atom. The minimum atomic E-state index is -1.64. The first-order chi connectivity index (χ1) is 7.43. The molecule has 0 radical (unpaired) electrons. The van der Waals surface area contributed by atoms with Crippen molar-refractivity contribution >= 4 is 5.97 Å². The van der Waals surface area contributed by atoms with Crippen molar-refractivity contribution in [2.45, 2.75) is 24.4 Å². The molecule has 96 valence electrons. The van der Waals surface area contributed by atoms with Gasteiger partial charge in [0.1, 0.15) is 31.0 Å². The highest BCUT2D eigenvalue weighted by atomic mass is 16.5. The van der Waals surface area contributed by atoms with E-state index in [1.807, 2.05) is 0 Å². The van der Waals surface area contributed by atoms with Gasteiger partial charge in [0.15, 0.2) is 0 Å². The number of rotatable bonds is 7. The third kappa shape index (κ3) is 4.84. The maximum absolute atomic E-state index is 10.9. The quantitative estimate of drug-likeness (QED) is 0.245. The lowest BCUT2D eigenvalue weighted by atomic mass is 10.1.